The number of primary amides is 2. The van der Waals surface area contributed by atoms with Crippen molar-refractivity contribution in [1.29, 1.82) is 0 Å². The molecule has 2 aromatic heterocycles. The van der Waals surface area contributed by atoms with Crippen molar-refractivity contribution in [2.75, 3.05) is 7.11 Å². The molecule has 1 atom stereocenters. The van der Waals surface area contributed by atoms with Crippen molar-refractivity contribution in [3.05, 3.63) is 66.7 Å². The first-order valence-corrected chi connectivity index (χ1v) is 10.2. The van der Waals surface area contributed by atoms with E-state index < -0.39 is 17.2 Å². The second-order valence-corrected chi connectivity index (χ2v) is 7.84. The summed E-state index contributed by atoms with van der Waals surface area (Å²) in [4.78, 5) is 32.2. The van der Waals surface area contributed by atoms with Crippen molar-refractivity contribution in [2.24, 2.45) is 16.9 Å². The molecule has 1 fully saturated rings. The first-order chi connectivity index (χ1) is 15.9. The number of oxazole rings is 1. The average Bonchev–Trinajstić information content (AvgIpc) is 3.37. The highest BCUT2D eigenvalue weighted by molar-refractivity contribution is 6.08. The van der Waals surface area contributed by atoms with Gasteiger partial charge in [-0.2, -0.15) is 0 Å². The molecule has 2 heterocycles. The van der Waals surface area contributed by atoms with Crippen LogP contribution in [-0.2, 0) is 9.59 Å². The van der Waals surface area contributed by atoms with Crippen molar-refractivity contribution in [2.45, 2.75) is 12.3 Å². The summed E-state index contributed by atoms with van der Waals surface area (Å²) in [5.41, 5.74) is 11.7. The Kier molecular flexibility index (Phi) is 4.74. The number of carbonyl (C=O) groups excluding carboxylic acids is 2. The number of pyridine rings is 1. The average molecular weight is 444 g/mol. The third kappa shape index (κ3) is 3.34. The highest BCUT2D eigenvalue weighted by Gasteiger charge is 2.64. The summed E-state index contributed by atoms with van der Waals surface area (Å²) in [6.45, 7) is 0. The maximum Gasteiger partial charge on any atom is 0.233 e. The minimum absolute atomic E-state index is 0.318. The van der Waals surface area contributed by atoms with Crippen LogP contribution >= 0.6 is 0 Å². The third-order valence-electron chi connectivity index (χ3n) is 6.04. The van der Waals surface area contributed by atoms with Crippen molar-refractivity contribution in [3.8, 4) is 28.7 Å². The smallest absolute Gasteiger partial charge is 0.233 e. The lowest BCUT2D eigenvalue weighted by Gasteiger charge is -2.13. The standard InChI is InChI=1S/C24H20N4O5/c1-31-20-11-18-15(10-16(20)21-28-8-9-32-21)19(6-7-27-18)33-14-4-2-13(3-5-14)17-12-24(17,22(25)29)23(26)30/h2-11,17H,12H2,1H3,(H2,25,29)(H2,26,30). The van der Waals surface area contributed by atoms with Crippen LogP contribution in [-0.4, -0.2) is 28.9 Å². The number of rotatable bonds is 7. The van der Waals surface area contributed by atoms with E-state index >= 15 is 0 Å². The molecule has 0 saturated heterocycles. The molecule has 33 heavy (non-hydrogen) atoms. The van der Waals surface area contributed by atoms with E-state index in [4.69, 9.17) is 25.4 Å². The van der Waals surface area contributed by atoms with Crippen molar-refractivity contribution in [3.63, 3.8) is 0 Å². The molecule has 9 nitrogen and oxygen atoms in total. The second-order valence-electron chi connectivity index (χ2n) is 7.84. The van der Waals surface area contributed by atoms with E-state index in [9.17, 15) is 9.59 Å². The van der Waals surface area contributed by atoms with Gasteiger partial charge in [0, 0.05) is 23.6 Å². The fraction of sp³-hybridized carbons (Fsp3) is 0.167. The Morgan fingerprint density at radius 3 is 2.39 bits per heavy atom. The minimum atomic E-state index is -1.31. The van der Waals surface area contributed by atoms with Gasteiger partial charge in [-0.05, 0) is 36.2 Å². The molecule has 4 aromatic rings. The van der Waals surface area contributed by atoms with Crippen LogP contribution < -0.4 is 20.9 Å². The molecule has 2 aromatic carbocycles. The molecular formula is C24H20N4O5. The number of hydrogen-bond donors (Lipinski definition) is 2. The van der Waals surface area contributed by atoms with Gasteiger partial charge in [-0.1, -0.05) is 12.1 Å². The van der Waals surface area contributed by atoms with E-state index in [1.54, 1.807) is 55.9 Å². The SMILES string of the molecule is COc1cc2nccc(Oc3ccc(C4CC4(C(N)=O)C(N)=O)cc3)c2cc1-c1ncco1. The number of fused-ring (bicyclic) bond motifs is 1. The van der Waals surface area contributed by atoms with Crippen LogP contribution in [0.2, 0.25) is 0 Å². The molecule has 2 amide bonds. The van der Waals surface area contributed by atoms with Crippen LogP contribution in [0.1, 0.15) is 17.9 Å². The Bertz CT molecular complexity index is 1350. The zero-order chi connectivity index (χ0) is 23.2. The van der Waals surface area contributed by atoms with Gasteiger partial charge in [0.25, 0.3) is 0 Å². The van der Waals surface area contributed by atoms with Gasteiger partial charge >= 0.3 is 0 Å². The van der Waals surface area contributed by atoms with Gasteiger partial charge < -0.3 is 25.4 Å². The van der Waals surface area contributed by atoms with Gasteiger partial charge in [0.15, 0.2) is 0 Å². The van der Waals surface area contributed by atoms with E-state index in [0.717, 1.165) is 10.9 Å². The summed E-state index contributed by atoms with van der Waals surface area (Å²) in [6, 6.07) is 12.6. The van der Waals surface area contributed by atoms with Crippen LogP contribution in [0.3, 0.4) is 0 Å². The van der Waals surface area contributed by atoms with Crippen molar-refractivity contribution < 1.29 is 23.5 Å². The number of ether oxygens (including phenoxy) is 2. The topological polar surface area (TPSA) is 144 Å². The van der Waals surface area contributed by atoms with Crippen LogP contribution in [0.5, 0.6) is 17.2 Å². The fourth-order valence-electron chi connectivity index (χ4n) is 4.16. The normalized spacial score (nSPS) is 16.3. The highest BCUT2D eigenvalue weighted by Crippen LogP contribution is 2.59. The molecule has 0 spiro atoms. The molecular weight excluding hydrogens is 424 g/mol. The molecule has 1 saturated carbocycles. The zero-order valence-corrected chi connectivity index (χ0v) is 17.6. The van der Waals surface area contributed by atoms with Gasteiger partial charge in [0.2, 0.25) is 17.7 Å². The molecule has 0 aliphatic heterocycles. The quantitative estimate of drug-likeness (QED) is 0.417. The van der Waals surface area contributed by atoms with E-state index in [-0.39, 0.29) is 5.92 Å². The van der Waals surface area contributed by atoms with Gasteiger partial charge in [-0.3, -0.25) is 14.6 Å². The van der Waals surface area contributed by atoms with Crippen LogP contribution in [0.4, 0.5) is 0 Å². The van der Waals surface area contributed by atoms with Gasteiger partial charge in [-0.25, -0.2) is 4.98 Å². The number of nitrogens with two attached hydrogens (primary N) is 2. The van der Waals surface area contributed by atoms with Crippen LogP contribution in [0.15, 0.2) is 65.5 Å². The summed E-state index contributed by atoms with van der Waals surface area (Å²) in [5, 5.41) is 0.749. The fourth-order valence-corrected chi connectivity index (χ4v) is 4.16. The minimum Gasteiger partial charge on any atom is -0.496 e. The predicted octanol–water partition coefficient (Wildman–Crippen LogP) is 3.14. The lowest BCUT2D eigenvalue weighted by atomic mass is 9.97. The molecule has 5 rings (SSSR count). The molecule has 0 radical (unpaired) electrons. The monoisotopic (exact) mass is 444 g/mol. The molecule has 9 heteroatoms. The molecule has 4 N–H and O–H groups in total. The lowest BCUT2D eigenvalue weighted by molar-refractivity contribution is -0.133. The van der Waals surface area contributed by atoms with E-state index in [0.29, 0.717) is 40.6 Å². The molecule has 1 aliphatic rings. The zero-order valence-electron chi connectivity index (χ0n) is 17.6. The van der Waals surface area contributed by atoms with E-state index in [2.05, 4.69) is 9.97 Å². The number of methoxy groups -OCH3 is 1. The summed E-state index contributed by atoms with van der Waals surface area (Å²) in [7, 11) is 1.57. The van der Waals surface area contributed by atoms with E-state index in [1.165, 1.54) is 6.26 Å². The maximum atomic E-state index is 11.8. The maximum absolute atomic E-state index is 11.8. The summed E-state index contributed by atoms with van der Waals surface area (Å²) in [6.07, 6.45) is 5.02. The van der Waals surface area contributed by atoms with Gasteiger partial charge in [0.1, 0.15) is 28.9 Å². The number of aromatic nitrogens is 2. The number of benzene rings is 2. The van der Waals surface area contributed by atoms with Crippen LogP contribution in [0, 0.1) is 5.41 Å². The van der Waals surface area contributed by atoms with Crippen LogP contribution in [0.25, 0.3) is 22.4 Å². The number of hydrogen-bond acceptors (Lipinski definition) is 7. The van der Waals surface area contributed by atoms with E-state index in [1.807, 2.05) is 6.07 Å². The summed E-state index contributed by atoms with van der Waals surface area (Å²) < 4.78 is 17.0. The number of nitrogens with zero attached hydrogens (tertiary/aromatic N) is 2. The molecule has 0 bridgehead atoms. The second kappa shape index (κ2) is 7.63. The van der Waals surface area contributed by atoms with Crippen molar-refractivity contribution >= 4 is 22.7 Å². The number of amides is 2. The Balaban J connectivity index is 1.46. The van der Waals surface area contributed by atoms with Gasteiger partial charge in [-0.15, -0.1) is 0 Å². The molecule has 1 unspecified atom stereocenters. The van der Waals surface area contributed by atoms with Crippen molar-refractivity contribution in [1.82, 2.24) is 9.97 Å². The largest absolute Gasteiger partial charge is 0.496 e. The third-order valence-corrected chi connectivity index (χ3v) is 6.04. The first-order valence-electron chi connectivity index (χ1n) is 10.2. The van der Waals surface area contributed by atoms with Gasteiger partial charge in [0.05, 0.1) is 24.4 Å². The summed E-state index contributed by atoms with van der Waals surface area (Å²) in [5.74, 6) is 0.448. The number of carbonyl (C=O) groups is 2. The Morgan fingerprint density at radius 2 is 1.79 bits per heavy atom. The molecule has 1 aliphatic carbocycles. The Labute approximate surface area is 188 Å². The Hall–Kier alpha value is -4.40. The molecule has 166 valence electrons. The lowest BCUT2D eigenvalue weighted by Crippen LogP contribution is -2.38. The predicted molar refractivity (Wildman–Crippen MR) is 118 cm³/mol. The first kappa shape index (κ1) is 20.5. The summed E-state index contributed by atoms with van der Waals surface area (Å²) >= 11 is 0. The Morgan fingerprint density at radius 1 is 1.03 bits per heavy atom. The highest BCUT2D eigenvalue weighted by atomic mass is 16.5.